The molecule has 0 amide bonds. The van der Waals surface area contributed by atoms with Crippen molar-refractivity contribution in [2.45, 2.75) is 64.3 Å². The van der Waals surface area contributed by atoms with Gasteiger partial charge in [-0.25, -0.2) is 0 Å². The first-order valence-electron chi connectivity index (χ1n) is 6.90. The highest BCUT2D eigenvalue weighted by Crippen LogP contribution is 2.31. The van der Waals surface area contributed by atoms with Crippen molar-refractivity contribution in [3.05, 3.63) is 0 Å². The monoisotopic (exact) mass is 792 g/mol. The van der Waals surface area contributed by atoms with Crippen LogP contribution in [0, 0.1) is 0 Å². The largest absolute Gasteiger partial charge is 0.190 e. The summed E-state index contributed by atoms with van der Waals surface area (Å²) < 4.78 is -4.78. The summed E-state index contributed by atoms with van der Waals surface area (Å²) in [6.07, 6.45) is 5.33. The number of hydrogen-bond donors (Lipinski definition) is 0. The van der Waals surface area contributed by atoms with Crippen LogP contribution in [-0.4, -0.2) is 25.3 Å². The van der Waals surface area contributed by atoms with Crippen molar-refractivity contribution >= 4 is 209 Å². The van der Waals surface area contributed by atoms with E-state index in [9.17, 15) is 0 Å². The topological polar surface area (TPSA) is 0 Å². The second kappa shape index (κ2) is 38.7. The summed E-state index contributed by atoms with van der Waals surface area (Å²) in [6.45, 7) is 2.16. The van der Waals surface area contributed by atoms with Gasteiger partial charge in [0.05, 0.1) is 0 Å². The van der Waals surface area contributed by atoms with Gasteiger partial charge in [0.2, 0.25) is 0 Å². The van der Waals surface area contributed by atoms with E-state index in [1.807, 2.05) is 0 Å². The molecule has 0 aromatic carbocycles. The third kappa shape index (κ3) is 231. The smallest absolute Gasteiger partial charge is 0.0874 e. The van der Waals surface area contributed by atoms with Crippen molar-refractivity contribution in [2.75, 3.05) is 0 Å². The van der Waals surface area contributed by atoms with Crippen LogP contribution in [0.4, 0.5) is 0 Å². The Balaban J connectivity index is -0.0000000616. The van der Waals surface area contributed by atoms with Crippen LogP contribution in [0.5, 0.6) is 0 Å². The minimum atomic E-state index is -1.03. The van der Waals surface area contributed by atoms with Crippen LogP contribution < -0.4 is 0 Å². The molecule has 0 aliphatic carbocycles. The molecule has 0 bridgehead atoms. The Hall–Kier alpha value is 5.22. The lowest BCUT2D eigenvalue weighted by Crippen LogP contribution is -2.00. The number of hydrogen-bond acceptors (Lipinski definition) is 0. The van der Waals surface area contributed by atoms with Gasteiger partial charge in [-0.05, 0) is 12.8 Å². The Morgan fingerprint density at radius 3 is 0.767 bits per heavy atom. The van der Waals surface area contributed by atoms with Crippen LogP contribution in [0.1, 0.15) is 39.0 Å². The summed E-state index contributed by atoms with van der Waals surface area (Å²) in [4.78, 5) is 0. The zero-order valence-corrected chi connectivity index (χ0v) is 28.3. The lowest BCUT2D eigenvalue weighted by molar-refractivity contribution is 0.639. The number of alkyl halides is 18. The molecule has 0 heterocycles. The van der Waals surface area contributed by atoms with Gasteiger partial charge in [-0.1, -0.05) is 235 Å². The summed E-state index contributed by atoms with van der Waals surface area (Å²) in [7, 11) is 0. The predicted molar refractivity (Wildman–Crippen MR) is 156 cm³/mol. The van der Waals surface area contributed by atoms with Crippen molar-refractivity contribution in [2.24, 2.45) is 0 Å². The molecule has 0 saturated heterocycles. The molecule has 0 aromatic heterocycles. The third-order valence-corrected chi connectivity index (χ3v) is 1.88. The van der Waals surface area contributed by atoms with Crippen LogP contribution in [0.25, 0.3) is 0 Å². The van der Waals surface area contributed by atoms with E-state index in [2.05, 4.69) is 6.92 Å². The van der Waals surface area contributed by atoms with Crippen molar-refractivity contribution in [3.63, 3.8) is 0 Å². The molecule has 0 nitrogen and oxygen atoms in total. The van der Waals surface area contributed by atoms with Crippen LogP contribution in [-0.2, 0) is 0 Å². The summed E-state index contributed by atoms with van der Waals surface area (Å²) in [5.74, 6) is 0. The van der Waals surface area contributed by atoms with Gasteiger partial charge in [0.25, 0.3) is 0 Å². The van der Waals surface area contributed by atoms with Crippen molar-refractivity contribution in [1.82, 2.24) is 0 Å². The minimum absolute atomic E-state index is 0.678. The lowest BCUT2D eigenvalue weighted by Gasteiger charge is -2.08. The van der Waals surface area contributed by atoms with Crippen LogP contribution in [0.3, 0.4) is 0 Å². The lowest BCUT2D eigenvalue weighted by atomic mass is 10.2. The normalized spacial score (nSPS) is 10.0. The zero-order valence-electron chi connectivity index (χ0n) is 14.7. The third-order valence-electron chi connectivity index (χ3n) is 1.31. The van der Waals surface area contributed by atoms with Crippen LogP contribution >= 0.6 is 209 Å². The van der Waals surface area contributed by atoms with Gasteiger partial charge in [-0.15, -0.1) is 0 Å². The van der Waals surface area contributed by atoms with Crippen molar-refractivity contribution in [1.29, 1.82) is 0 Å². The van der Waals surface area contributed by atoms with Crippen molar-refractivity contribution < 1.29 is 0 Å². The van der Waals surface area contributed by atoms with Crippen LogP contribution in [0.2, 0.25) is 0 Å². The fourth-order valence-corrected chi connectivity index (χ4v) is 1.15. The molecule has 30 heavy (non-hydrogen) atoms. The van der Waals surface area contributed by atoms with E-state index in [4.69, 9.17) is 209 Å². The van der Waals surface area contributed by atoms with E-state index in [-0.39, 0.29) is 0 Å². The molecular weight excluding hydrogens is 782 g/mol. The molecule has 0 unspecified atom stereocenters. The van der Waals surface area contributed by atoms with E-state index in [0.717, 1.165) is 6.42 Å². The molecule has 192 valence electrons. The molecule has 0 atom stereocenters. The van der Waals surface area contributed by atoms with Gasteiger partial charge in [0, 0.05) is 0 Å². The highest BCUT2D eigenvalue weighted by molar-refractivity contribution is 6.67. The highest BCUT2D eigenvalue weighted by Gasteiger charge is 2.17. The average Bonchev–Trinajstić information content (AvgIpc) is 2.39. The summed E-state index contributed by atoms with van der Waals surface area (Å²) in [5, 5.41) is 0. The van der Waals surface area contributed by atoms with E-state index in [1.54, 1.807) is 0 Å². The maximum Gasteiger partial charge on any atom is 0.190 e. The van der Waals surface area contributed by atoms with Gasteiger partial charge >= 0.3 is 0 Å². The fraction of sp³-hybridized carbons (Fsp3) is 1.00. The Morgan fingerprint density at radius 1 is 0.433 bits per heavy atom. The van der Waals surface area contributed by atoms with E-state index < -0.39 is 25.3 Å². The molecule has 0 saturated carbocycles. The molecule has 0 rings (SSSR count). The Labute approximate surface area is 269 Å². The first-order chi connectivity index (χ1) is 13.2. The molecule has 0 aliphatic rings. The molecule has 0 fully saturated rings. The maximum atomic E-state index is 5.54. The molecule has 0 N–H and O–H groups in total. The molecule has 0 spiro atoms. The number of rotatable bonds is 4. The summed E-state index contributed by atoms with van der Waals surface area (Å²) >= 11 is 88.7. The first kappa shape index (κ1) is 48.3. The molecule has 18 heteroatoms. The Bertz CT molecular complexity index is 205. The zero-order chi connectivity index (χ0) is 25.9. The van der Waals surface area contributed by atoms with Gasteiger partial charge in [-0.2, -0.15) is 0 Å². The molecule has 0 aromatic rings. The SMILES string of the molecule is CCCCCCC(Cl)(Cl)Cl.ClC(Cl)Cl.ClC(Cl)Cl.ClC(Cl)Cl.ClC(Cl)Cl.ClC(Cl)Cl. The Morgan fingerprint density at radius 2 is 0.633 bits per heavy atom. The van der Waals surface area contributed by atoms with Gasteiger partial charge < -0.3 is 0 Å². The quantitative estimate of drug-likeness (QED) is 0.196. The Kier molecular flexibility index (Phi) is 62.4. The van der Waals surface area contributed by atoms with E-state index in [0.29, 0.717) is 6.42 Å². The van der Waals surface area contributed by atoms with Crippen LogP contribution in [0.15, 0.2) is 0 Å². The van der Waals surface area contributed by atoms with Gasteiger partial charge in [0.1, 0.15) is 0 Å². The van der Waals surface area contributed by atoms with Gasteiger partial charge in [-0.3, -0.25) is 0 Å². The highest BCUT2D eigenvalue weighted by atomic mass is 35.6. The minimum Gasteiger partial charge on any atom is -0.0874 e. The number of unbranched alkanes of at least 4 members (excludes halogenated alkanes) is 3. The first-order valence-corrected chi connectivity index (χ1v) is 14.6. The summed E-state index contributed by atoms with van der Waals surface area (Å²) in [5.41, 5.74) is 0. The summed E-state index contributed by atoms with van der Waals surface area (Å²) in [6, 6.07) is 0. The second-order valence-corrected chi connectivity index (χ2v) is 16.1. The maximum absolute atomic E-state index is 5.54. The second-order valence-electron chi connectivity index (χ2n) is 3.66. The van der Waals surface area contributed by atoms with E-state index >= 15 is 0 Å². The predicted octanol–water partition coefficient (Wildman–Crippen LogP) is 14.3. The van der Waals surface area contributed by atoms with Crippen molar-refractivity contribution in [3.8, 4) is 0 Å². The average molecular weight is 800 g/mol. The van der Waals surface area contributed by atoms with Gasteiger partial charge in [0.15, 0.2) is 25.3 Å². The molecule has 0 radical (unpaired) electrons. The van der Waals surface area contributed by atoms with E-state index in [1.165, 1.54) is 19.3 Å². The molecular formula is C12H18Cl18. The standard InChI is InChI=1S/C7H13Cl3.5CHCl3/c1-2-3-4-5-6-7(8,9)10;5*2-1(3)4/h2-6H2,1H3;5*1H. The molecule has 0 aliphatic heterocycles. The fourth-order valence-electron chi connectivity index (χ4n) is 0.752. The number of halogens is 18.